The highest BCUT2D eigenvalue weighted by molar-refractivity contribution is 5.75. The normalized spacial score (nSPS) is 13.6. The van der Waals surface area contributed by atoms with Gasteiger partial charge in [0.15, 0.2) is 54.3 Å². The number of nitrogens with zero attached hydrogens (tertiary/aromatic N) is 6. The summed E-state index contributed by atoms with van der Waals surface area (Å²) in [6, 6.07) is 38.3. The number of carboxylic acids is 2. The van der Waals surface area contributed by atoms with E-state index in [-0.39, 0.29) is 42.7 Å². The Morgan fingerprint density at radius 2 is 0.807 bits per heavy atom. The first kappa shape index (κ1) is 94.8. The number of benzene rings is 6. The molecule has 4 atom stereocenters. The van der Waals surface area contributed by atoms with Crippen LogP contribution in [0.3, 0.4) is 0 Å². The lowest BCUT2D eigenvalue weighted by Gasteiger charge is -2.21. The Labute approximate surface area is 664 Å². The highest BCUT2D eigenvalue weighted by Crippen LogP contribution is 2.38. The van der Waals surface area contributed by atoms with Crippen LogP contribution in [-0.4, -0.2) is 150 Å². The van der Waals surface area contributed by atoms with Gasteiger partial charge in [-0.2, -0.15) is 55.3 Å². The standard InChI is InChI=1S/C27H33F3N2O2.C26H31F3N2O3.C16H23N3.C11H13F3O2.C6H11NO4/c1-3-4-12-32-13-11-22-16-21(17-23(18-31)26(22)32)15-20(2)8-7-14-33-24-9-5-6-10-25(24)34-19-27(28,29)30;1-19(6-4-13-33-23-7-2-3-8-24(23)34-18-26(27,28)29)14-20-15-21-9-11-31(10-5-12-32)25(21)22(16-20)17-30;1-3-4-6-19-7-5-14-9-13(8-12(2)18)10-15(11-17)16(14)19;1-2-7-15-9-5-3-4-6-10(9)16-8-11(12,13)14;1-7-4(6(10)11)2-3-5(8)9/h5-6,9-10,16-17,20H,3-4,7-8,11-15,19H2,1-2H3;2-3,7-8,15-16,19,32H,4-6,9-14,18H2,1H3;9-10,12H,3-8,18H2,1-2H3;3-6H,2,7-8H2,1H3;4,7H,2-3H2,1H3,(H,8,9)(H,10,11)/t20-;19-;12-;;/m001../s1. The Morgan fingerprint density at radius 3 is 1.09 bits per heavy atom. The number of alkyl halides is 9. The molecule has 3 aliphatic heterocycles. The van der Waals surface area contributed by atoms with Gasteiger partial charge in [0.1, 0.15) is 24.2 Å². The molecule has 0 aliphatic carbocycles. The van der Waals surface area contributed by atoms with Crippen molar-refractivity contribution < 1.29 is 92.8 Å². The predicted molar refractivity (Wildman–Crippen MR) is 422 cm³/mol. The van der Waals surface area contributed by atoms with Crippen LogP contribution in [0.2, 0.25) is 0 Å². The van der Waals surface area contributed by atoms with E-state index in [0.29, 0.717) is 60.9 Å². The molecule has 6 aromatic carbocycles. The Bertz CT molecular complexity index is 3890. The number of halogens is 9. The van der Waals surface area contributed by atoms with Gasteiger partial charge in [0, 0.05) is 58.3 Å². The first-order valence-electron chi connectivity index (χ1n) is 39.0. The maximum absolute atomic E-state index is 12.5. The summed E-state index contributed by atoms with van der Waals surface area (Å²) >= 11 is 0. The lowest BCUT2D eigenvalue weighted by molar-refractivity contribution is -0.154. The van der Waals surface area contributed by atoms with Gasteiger partial charge in [-0.25, -0.2) is 0 Å². The monoisotopic (exact) mass is 1600 g/mol. The maximum atomic E-state index is 12.5. The van der Waals surface area contributed by atoms with E-state index in [2.05, 4.69) is 88.9 Å². The second-order valence-corrected chi connectivity index (χ2v) is 28.6. The van der Waals surface area contributed by atoms with E-state index in [9.17, 15) is 64.9 Å². The van der Waals surface area contributed by atoms with Crippen LogP contribution in [0.5, 0.6) is 34.5 Å². The van der Waals surface area contributed by atoms with Crippen LogP contribution in [0.1, 0.15) is 169 Å². The molecule has 19 nitrogen and oxygen atoms in total. The van der Waals surface area contributed by atoms with Gasteiger partial charge in [-0.15, -0.1) is 0 Å². The van der Waals surface area contributed by atoms with E-state index in [1.165, 1.54) is 71.6 Å². The summed E-state index contributed by atoms with van der Waals surface area (Å²) in [4.78, 5) is 27.2. The second kappa shape index (κ2) is 49.1. The molecular weight excluding hydrogens is 1490 g/mol. The fraction of sp³-hybridized carbons (Fsp3) is 0.523. The van der Waals surface area contributed by atoms with Crippen molar-refractivity contribution in [1.82, 2.24) is 5.32 Å². The quantitative estimate of drug-likeness (QED) is 0.0177. The number of nitrogens with two attached hydrogens (primary N) is 1. The van der Waals surface area contributed by atoms with Gasteiger partial charge in [-0.05, 0) is 210 Å². The van der Waals surface area contributed by atoms with Gasteiger partial charge in [-0.3, -0.25) is 9.59 Å². The molecule has 0 spiro atoms. The molecule has 0 saturated carbocycles. The Kier molecular flexibility index (Phi) is 40.8. The molecule has 0 bridgehead atoms. The molecule has 0 fully saturated rings. The molecule has 0 saturated heterocycles. The number of ether oxygens (including phenoxy) is 6. The third kappa shape index (κ3) is 34.1. The maximum Gasteiger partial charge on any atom is 0.422 e. The number of anilines is 3. The van der Waals surface area contributed by atoms with Crippen molar-refractivity contribution in [3.05, 3.63) is 159 Å². The van der Waals surface area contributed by atoms with Gasteiger partial charge in [-0.1, -0.05) is 102 Å². The number of nitriles is 3. The summed E-state index contributed by atoms with van der Waals surface area (Å²) < 4.78 is 142. The van der Waals surface area contributed by atoms with Gasteiger partial charge in [0.05, 0.1) is 53.6 Å². The van der Waals surface area contributed by atoms with Crippen molar-refractivity contribution >= 4 is 29.0 Å². The number of para-hydroxylation sites is 6. The molecule has 6 aromatic rings. The molecule has 0 radical (unpaired) electrons. The number of likely N-dealkylation sites (N-methyl/N-ethyl adjacent to an activating group) is 1. The zero-order valence-corrected chi connectivity index (χ0v) is 66.4. The fourth-order valence-corrected chi connectivity index (χ4v) is 13.3. The number of aliphatic carboxylic acids is 2. The number of rotatable bonds is 39. The Morgan fingerprint density at radius 1 is 0.482 bits per heavy atom. The number of hydrogen-bond donors (Lipinski definition) is 5. The molecule has 624 valence electrons. The zero-order valence-electron chi connectivity index (χ0n) is 66.4. The lowest BCUT2D eigenvalue weighted by atomic mass is 9.93. The van der Waals surface area contributed by atoms with E-state index >= 15 is 0 Å². The van der Waals surface area contributed by atoms with Crippen LogP contribution in [0.4, 0.5) is 56.6 Å². The van der Waals surface area contributed by atoms with E-state index in [1.54, 1.807) is 54.6 Å². The number of carbonyl (C=O) groups is 2. The SMILES string of the molecule is CCCCN1CCc2cc(C[C@@H](C)CCCOc3ccccc3OCC(F)(F)F)cc(C#N)c21.CCCCN1CCc2cc(C[C@@H](C)N)cc(C#N)c21.CCCOc1ccccc1OCC(F)(F)F.CNC(CCC(=O)O)C(=O)O.C[C@@H](CCCOc1ccccc1OCC(F)(F)F)Cc1cc(C#N)c2c(c1)CCN2CCCO. The molecular formula is C86H111F9N8O11. The molecule has 3 heterocycles. The number of unbranched alkanes of at least 4 members (excludes halogenated alkanes) is 2. The smallest absolute Gasteiger partial charge is 0.422 e. The molecule has 28 heteroatoms. The zero-order chi connectivity index (χ0) is 83.8. The molecule has 114 heavy (non-hydrogen) atoms. The van der Waals surface area contributed by atoms with Crippen molar-refractivity contribution in [3.63, 3.8) is 0 Å². The molecule has 0 aromatic heterocycles. The number of carboxylic acid groups (broad SMARTS) is 2. The first-order chi connectivity index (χ1) is 54.4. The minimum atomic E-state index is -4.40. The number of aliphatic hydroxyl groups excluding tert-OH is 1. The molecule has 9 rings (SSSR count). The van der Waals surface area contributed by atoms with Gasteiger partial charge < -0.3 is 69.5 Å². The first-order valence-corrected chi connectivity index (χ1v) is 39.0. The summed E-state index contributed by atoms with van der Waals surface area (Å²) in [5.74, 6) is 0.0271. The van der Waals surface area contributed by atoms with Gasteiger partial charge in [0.2, 0.25) is 0 Å². The van der Waals surface area contributed by atoms with Crippen molar-refractivity contribution in [2.24, 2.45) is 17.6 Å². The fourth-order valence-electron chi connectivity index (χ4n) is 13.3. The molecule has 6 N–H and O–H groups in total. The minimum Gasteiger partial charge on any atom is -0.490 e. The van der Waals surface area contributed by atoms with Crippen LogP contribution in [0.25, 0.3) is 0 Å². The van der Waals surface area contributed by atoms with Crippen LogP contribution in [-0.2, 0) is 48.1 Å². The minimum absolute atomic E-state index is 0.0862. The third-order valence-electron chi connectivity index (χ3n) is 18.6. The number of aliphatic hydroxyl groups is 1. The van der Waals surface area contributed by atoms with E-state index in [1.807, 2.05) is 32.0 Å². The van der Waals surface area contributed by atoms with E-state index < -0.39 is 56.3 Å². The van der Waals surface area contributed by atoms with Gasteiger partial charge >= 0.3 is 30.5 Å². The van der Waals surface area contributed by atoms with E-state index in [4.69, 9.17) is 44.7 Å². The summed E-state index contributed by atoms with van der Waals surface area (Å²) in [5.41, 5.74) is 18.7. The Balaban J connectivity index is 0.000000270. The largest absolute Gasteiger partial charge is 0.490 e. The average molecular weight is 1600 g/mol. The second-order valence-electron chi connectivity index (χ2n) is 28.6. The highest BCUT2D eigenvalue weighted by Gasteiger charge is 2.32. The summed E-state index contributed by atoms with van der Waals surface area (Å²) in [5, 5.41) is 57.1. The van der Waals surface area contributed by atoms with Crippen LogP contribution >= 0.6 is 0 Å². The summed E-state index contributed by atoms with van der Waals surface area (Å²) in [6.07, 6.45) is 1.79. The Hall–Kier alpha value is -9.82. The van der Waals surface area contributed by atoms with E-state index in [0.717, 1.165) is 151 Å². The molecule has 3 aliphatic rings. The van der Waals surface area contributed by atoms with Crippen LogP contribution in [0, 0.1) is 45.8 Å². The summed E-state index contributed by atoms with van der Waals surface area (Å²) in [6.45, 7) is 15.7. The molecule has 0 amide bonds. The third-order valence-corrected chi connectivity index (χ3v) is 18.6. The lowest BCUT2D eigenvalue weighted by Crippen LogP contribution is -2.34. The number of nitrogens with one attached hydrogen (secondary N) is 1. The van der Waals surface area contributed by atoms with Crippen molar-refractivity contribution in [3.8, 4) is 52.7 Å². The van der Waals surface area contributed by atoms with Crippen molar-refractivity contribution in [2.45, 2.75) is 188 Å². The topological polar surface area (TPSA) is 269 Å². The van der Waals surface area contributed by atoms with Crippen molar-refractivity contribution in [2.75, 3.05) is 107 Å². The molecule has 1 unspecified atom stereocenters. The van der Waals surface area contributed by atoms with Crippen LogP contribution < -0.4 is 54.2 Å². The number of hydrogen-bond acceptors (Lipinski definition) is 17. The van der Waals surface area contributed by atoms with Crippen molar-refractivity contribution in [1.29, 1.82) is 15.8 Å². The summed E-state index contributed by atoms with van der Waals surface area (Å²) in [7, 11) is 1.49. The predicted octanol–water partition coefficient (Wildman–Crippen LogP) is 17.5. The van der Waals surface area contributed by atoms with Crippen LogP contribution in [0.15, 0.2) is 109 Å². The number of fused-ring (bicyclic) bond motifs is 3. The highest BCUT2D eigenvalue weighted by atomic mass is 19.4. The van der Waals surface area contributed by atoms with Gasteiger partial charge in [0.25, 0.3) is 0 Å². The average Bonchev–Trinajstić information content (AvgIpc) is 1.66.